The summed E-state index contributed by atoms with van der Waals surface area (Å²) in [7, 11) is 0. The first-order chi connectivity index (χ1) is 11.9. The van der Waals surface area contributed by atoms with Crippen LogP contribution in [0.1, 0.15) is 36.2 Å². The molecule has 1 unspecified atom stereocenters. The van der Waals surface area contributed by atoms with Gasteiger partial charge in [0.05, 0.1) is 12.0 Å². The Morgan fingerprint density at radius 2 is 2.12 bits per heavy atom. The molecule has 3 aliphatic rings. The van der Waals surface area contributed by atoms with Gasteiger partial charge >= 0.3 is 0 Å². The van der Waals surface area contributed by atoms with E-state index >= 15 is 0 Å². The van der Waals surface area contributed by atoms with Gasteiger partial charge in [-0.2, -0.15) is 0 Å². The zero-order chi connectivity index (χ0) is 17.7. The number of hydrogen-bond acceptors (Lipinski definition) is 4. The van der Waals surface area contributed by atoms with E-state index in [2.05, 4.69) is 9.97 Å². The van der Waals surface area contributed by atoms with Crippen LogP contribution in [0.2, 0.25) is 0 Å². The zero-order valence-corrected chi connectivity index (χ0v) is 13.8. The third-order valence-electron chi connectivity index (χ3n) is 5.38. The third-order valence-corrected chi connectivity index (χ3v) is 5.38. The smallest absolute Gasteiger partial charge is 0.272 e. The lowest BCUT2D eigenvalue weighted by Gasteiger charge is -2.42. The molecule has 2 saturated heterocycles. The van der Waals surface area contributed by atoms with Crippen LogP contribution >= 0.6 is 0 Å². The molecule has 1 aromatic rings. The molecule has 1 atom stereocenters. The molecule has 1 aliphatic carbocycles. The van der Waals surface area contributed by atoms with Crippen molar-refractivity contribution in [3.63, 3.8) is 0 Å². The molecule has 2 aliphatic heterocycles. The van der Waals surface area contributed by atoms with Gasteiger partial charge in [0.2, 0.25) is 5.91 Å². The van der Waals surface area contributed by atoms with Crippen LogP contribution in [0, 0.1) is 11.3 Å². The summed E-state index contributed by atoms with van der Waals surface area (Å²) in [5, 5.41) is 0. The summed E-state index contributed by atoms with van der Waals surface area (Å²) < 4.78 is 28.8. The molecule has 1 aromatic heterocycles. The molecule has 0 aromatic carbocycles. The van der Waals surface area contributed by atoms with E-state index in [-0.39, 0.29) is 18.1 Å². The van der Waals surface area contributed by atoms with Gasteiger partial charge in [0, 0.05) is 32.3 Å². The van der Waals surface area contributed by atoms with E-state index in [0.717, 1.165) is 17.7 Å². The molecule has 134 valence electrons. The number of alkyl halides is 2. The Morgan fingerprint density at radius 1 is 1.32 bits per heavy atom. The van der Waals surface area contributed by atoms with E-state index in [1.165, 1.54) is 18.6 Å². The molecular weight excluding hydrogens is 330 g/mol. The molecule has 8 heteroatoms. The van der Waals surface area contributed by atoms with Gasteiger partial charge in [0.15, 0.2) is 0 Å². The van der Waals surface area contributed by atoms with Crippen LogP contribution in [0.15, 0.2) is 18.6 Å². The third kappa shape index (κ3) is 3.09. The van der Waals surface area contributed by atoms with Crippen molar-refractivity contribution < 1.29 is 18.4 Å². The largest absolute Gasteiger partial charge is 0.342 e. The maximum Gasteiger partial charge on any atom is 0.272 e. The minimum atomic E-state index is -3.08. The number of carbonyl (C=O) groups excluding carboxylic acids is 2. The maximum absolute atomic E-state index is 14.4. The maximum atomic E-state index is 14.4. The molecule has 0 radical (unpaired) electrons. The van der Waals surface area contributed by atoms with Crippen LogP contribution in [-0.2, 0) is 4.79 Å². The van der Waals surface area contributed by atoms with Crippen LogP contribution in [0.5, 0.6) is 0 Å². The number of halogens is 2. The molecule has 25 heavy (non-hydrogen) atoms. The summed E-state index contributed by atoms with van der Waals surface area (Å²) in [5.74, 6) is -3.36. The first-order valence-corrected chi connectivity index (χ1v) is 8.61. The zero-order valence-electron chi connectivity index (χ0n) is 13.8. The molecule has 3 fully saturated rings. The normalized spacial score (nSPS) is 28.6. The molecule has 1 spiro atoms. The number of nitrogens with zero attached hydrogens (tertiary/aromatic N) is 4. The molecule has 4 rings (SSSR count). The summed E-state index contributed by atoms with van der Waals surface area (Å²) in [6, 6.07) is 1.40. The fourth-order valence-electron chi connectivity index (χ4n) is 4.02. The first-order valence-electron chi connectivity index (χ1n) is 8.61. The van der Waals surface area contributed by atoms with Gasteiger partial charge < -0.3 is 9.80 Å². The van der Waals surface area contributed by atoms with Crippen LogP contribution < -0.4 is 0 Å². The van der Waals surface area contributed by atoms with Gasteiger partial charge in [-0.1, -0.05) is 0 Å². The van der Waals surface area contributed by atoms with Crippen molar-refractivity contribution in [2.45, 2.75) is 31.6 Å². The van der Waals surface area contributed by atoms with E-state index < -0.39 is 30.2 Å². The second kappa shape index (κ2) is 5.71. The highest BCUT2D eigenvalue weighted by molar-refractivity contribution is 5.93. The van der Waals surface area contributed by atoms with Crippen molar-refractivity contribution in [3.8, 4) is 0 Å². The van der Waals surface area contributed by atoms with Crippen molar-refractivity contribution in [1.29, 1.82) is 0 Å². The number of likely N-dealkylation sites (tertiary alicyclic amines) is 2. The summed E-state index contributed by atoms with van der Waals surface area (Å²) in [5.41, 5.74) is -1.09. The number of amides is 2. The molecule has 6 nitrogen and oxygen atoms in total. The van der Waals surface area contributed by atoms with E-state index in [0.29, 0.717) is 25.4 Å². The molecule has 3 heterocycles. The summed E-state index contributed by atoms with van der Waals surface area (Å²) in [6.45, 7) is 0.520. The Labute approximate surface area is 144 Å². The number of hydrogen-bond donors (Lipinski definition) is 0. The van der Waals surface area contributed by atoms with Crippen LogP contribution in [-0.4, -0.2) is 63.7 Å². The Bertz CT molecular complexity index is 695. The highest BCUT2D eigenvalue weighted by Gasteiger charge is 2.58. The van der Waals surface area contributed by atoms with E-state index in [1.54, 1.807) is 4.90 Å². The first kappa shape index (κ1) is 16.4. The summed E-state index contributed by atoms with van der Waals surface area (Å²) in [6.07, 6.45) is 4.71. The van der Waals surface area contributed by atoms with Crippen molar-refractivity contribution in [3.05, 3.63) is 24.3 Å². The van der Waals surface area contributed by atoms with Crippen molar-refractivity contribution in [1.82, 2.24) is 19.8 Å². The van der Waals surface area contributed by atoms with Crippen LogP contribution in [0.3, 0.4) is 0 Å². The van der Waals surface area contributed by atoms with Gasteiger partial charge in [0.1, 0.15) is 12.0 Å². The Morgan fingerprint density at radius 3 is 2.80 bits per heavy atom. The highest BCUT2D eigenvalue weighted by atomic mass is 19.3. The molecule has 1 saturated carbocycles. The average molecular weight is 350 g/mol. The highest BCUT2D eigenvalue weighted by Crippen LogP contribution is 2.46. The second-order valence-corrected chi connectivity index (χ2v) is 7.51. The minimum Gasteiger partial charge on any atom is -0.342 e. The number of rotatable bonds is 3. The second-order valence-electron chi connectivity index (χ2n) is 7.51. The molecular formula is C17H20F2N4O2. The number of carbonyl (C=O) groups is 2. The van der Waals surface area contributed by atoms with Crippen molar-refractivity contribution in [2.24, 2.45) is 11.3 Å². The molecule has 0 N–H and O–H groups in total. The van der Waals surface area contributed by atoms with Gasteiger partial charge in [-0.15, -0.1) is 0 Å². The van der Waals surface area contributed by atoms with Gasteiger partial charge in [-0.3, -0.25) is 9.59 Å². The van der Waals surface area contributed by atoms with E-state index in [9.17, 15) is 18.4 Å². The van der Waals surface area contributed by atoms with Gasteiger partial charge in [-0.25, -0.2) is 18.7 Å². The Kier molecular flexibility index (Phi) is 3.73. The number of aromatic nitrogens is 2. The molecule has 2 amide bonds. The Balaban J connectivity index is 1.57. The number of piperidine rings is 1. The predicted molar refractivity (Wildman–Crippen MR) is 83.9 cm³/mol. The van der Waals surface area contributed by atoms with Crippen LogP contribution in [0.4, 0.5) is 8.78 Å². The van der Waals surface area contributed by atoms with Gasteiger partial charge in [0.25, 0.3) is 11.8 Å². The lowest BCUT2D eigenvalue weighted by atomic mass is 9.77. The fraction of sp³-hybridized carbons (Fsp3) is 0.647. The topological polar surface area (TPSA) is 66.4 Å². The van der Waals surface area contributed by atoms with Crippen molar-refractivity contribution >= 4 is 11.8 Å². The van der Waals surface area contributed by atoms with E-state index in [4.69, 9.17) is 0 Å². The molecule has 0 bridgehead atoms. The monoisotopic (exact) mass is 350 g/mol. The average Bonchev–Trinajstić information content (AvgIpc) is 3.36. The SMILES string of the molecule is O=C(c1ccncn1)N1CC(F)(F)CC2(CCN(CC3CC3)C2=O)C1. The lowest BCUT2D eigenvalue weighted by Crippen LogP contribution is -2.57. The fourth-order valence-corrected chi connectivity index (χ4v) is 4.02. The van der Waals surface area contributed by atoms with Crippen molar-refractivity contribution in [2.75, 3.05) is 26.2 Å². The van der Waals surface area contributed by atoms with E-state index in [1.807, 2.05) is 0 Å². The quantitative estimate of drug-likeness (QED) is 0.830. The lowest BCUT2D eigenvalue weighted by molar-refractivity contribution is -0.151. The summed E-state index contributed by atoms with van der Waals surface area (Å²) >= 11 is 0. The van der Waals surface area contributed by atoms with Gasteiger partial charge in [-0.05, 0) is 31.2 Å². The summed E-state index contributed by atoms with van der Waals surface area (Å²) in [4.78, 5) is 35.8. The standard InChI is InChI=1S/C17H20F2N4O2/c18-17(19)8-16(4-6-22(15(16)25)7-12-1-2-12)9-23(10-17)14(24)13-3-5-20-11-21-13/h3,5,11-12H,1-2,4,6-10H2. The van der Waals surface area contributed by atoms with Crippen LogP contribution in [0.25, 0.3) is 0 Å². The predicted octanol–water partition coefficient (Wildman–Crippen LogP) is 1.59. The minimum absolute atomic E-state index is 0.0332. The Hall–Kier alpha value is -2.12.